The fraction of sp³-hybridized carbons (Fsp3) is 0.214. The molecule has 0 fully saturated rings. The zero-order valence-electron chi connectivity index (χ0n) is 11.9. The van der Waals surface area contributed by atoms with Gasteiger partial charge in [-0.05, 0) is 6.42 Å². The van der Waals surface area contributed by atoms with Crippen molar-refractivity contribution in [2.75, 3.05) is 11.9 Å². The van der Waals surface area contributed by atoms with Crippen molar-refractivity contribution < 1.29 is 13.2 Å². The SMILES string of the molecule is CCCNc1c(-c2c(F)cc(F)cc2F)c(Cl)nc2ncnn12. The molecule has 0 aliphatic heterocycles. The fourth-order valence-corrected chi connectivity index (χ4v) is 2.49. The van der Waals surface area contributed by atoms with E-state index in [1.165, 1.54) is 10.8 Å². The van der Waals surface area contributed by atoms with E-state index in [0.717, 1.165) is 6.42 Å². The van der Waals surface area contributed by atoms with Crippen molar-refractivity contribution in [1.29, 1.82) is 0 Å². The summed E-state index contributed by atoms with van der Waals surface area (Å²) in [4.78, 5) is 7.88. The number of halogens is 4. The average molecular weight is 342 g/mol. The van der Waals surface area contributed by atoms with Crippen LogP contribution in [0, 0.1) is 17.5 Å². The summed E-state index contributed by atoms with van der Waals surface area (Å²) in [7, 11) is 0. The van der Waals surface area contributed by atoms with E-state index in [1.54, 1.807) is 0 Å². The summed E-state index contributed by atoms with van der Waals surface area (Å²) in [5.41, 5.74) is -0.506. The van der Waals surface area contributed by atoms with Crippen molar-refractivity contribution in [2.24, 2.45) is 0 Å². The van der Waals surface area contributed by atoms with E-state index in [1.807, 2.05) is 6.92 Å². The summed E-state index contributed by atoms with van der Waals surface area (Å²) in [6.45, 7) is 2.43. The largest absolute Gasteiger partial charge is 0.369 e. The Morgan fingerprint density at radius 1 is 1.17 bits per heavy atom. The average Bonchev–Trinajstić information content (AvgIpc) is 2.93. The lowest BCUT2D eigenvalue weighted by molar-refractivity contribution is 0.548. The highest BCUT2D eigenvalue weighted by Crippen LogP contribution is 2.37. The van der Waals surface area contributed by atoms with Gasteiger partial charge in [-0.15, -0.1) is 0 Å². The summed E-state index contributed by atoms with van der Waals surface area (Å²) >= 11 is 6.10. The van der Waals surface area contributed by atoms with Crippen LogP contribution in [0.4, 0.5) is 19.0 Å². The van der Waals surface area contributed by atoms with Crippen LogP contribution in [0.3, 0.4) is 0 Å². The predicted octanol–water partition coefficient (Wildman–Crippen LogP) is 3.68. The Labute approximate surface area is 134 Å². The molecular formula is C14H11ClF3N5. The minimum atomic E-state index is -1.08. The quantitative estimate of drug-likeness (QED) is 0.735. The lowest BCUT2D eigenvalue weighted by Gasteiger charge is -2.15. The van der Waals surface area contributed by atoms with E-state index in [9.17, 15) is 13.2 Å². The summed E-state index contributed by atoms with van der Waals surface area (Å²) in [6.07, 6.45) is 2.00. The van der Waals surface area contributed by atoms with Crippen LogP contribution in [0.25, 0.3) is 16.9 Å². The van der Waals surface area contributed by atoms with Gasteiger partial charge in [0, 0.05) is 18.7 Å². The molecule has 0 spiro atoms. The second-order valence-corrected chi connectivity index (χ2v) is 5.13. The molecule has 0 saturated heterocycles. The highest BCUT2D eigenvalue weighted by molar-refractivity contribution is 6.33. The van der Waals surface area contributed by atoms with Crippen molar-refractivity contribution in [3.05, 3.63) is 41.1 Å². The van der Waals surface area contributed by atoms with E-state index >= 15 is 0 Å². The van der Waals surface area contributed by atoms with Crippen molar-refractivity contribution in [3.8, 4) is 11.1 Å². The normalized spacial score (nSPS) is 11.2. The topological polar surface area (TPSA) is 55.1 Å². The minimum Gasteiger partial charge on any atom is -0.369 e. The molecular weight excluding hydrogens is 331 g/mol. The van der Waals surface area contributed by atoms with Gasteiger partial charge >= 0.3 is 0 Å². The van der Waals surface area contributed by atoms with Gasteiger partial charge in [-0.3, -0.25) is 0 Å². The number of aromatic nitrogens is 4. The van der Waals surface area contributed by atoms with Gasteiger partial charge in [-0.2, -0.15) is 19.6 Å². The van der Waals surface area contributed by atoms with Crippen LogP contribution in [0.1, 0.15) is 13.3 Å². The van der Waals surface area contributed by atoms with Gasteiger partial charge in [0.25, 0.3) is 5.78 Å². The number of nitrogens with zero attached hydrogens (tertiary/aromatic N) is 4. The maximum atomic E-state index is 14.2. The van der Waals surface area contributed by atoms with Gasteiger partial charge in [0.1, 0.15) is 34.7 Å². The molecule has 1 aromatic carbocycles. The van der Waals surface area contributed by atoms with Crippen molar-refractivity contribution in [3.63, 3.8) is 0 Å². The number of nitrogens with one attached hydrogen (secondary N) is 1. The third-order valence-electron chi connectivity index (χ3n) is 3.18. The summed E-state index contributed by atoms with van der Waals surface area (Å²) in [6, 6.07) is 1.17. The lowest BCUT2D eigenvalue weighted by Crippen LogP contribution is -2.10. The Morgan fingerprint density at radius 3 is 2.52 bits per heavy atom. The summed E-state index contributed by atoms with van der Waals surface area (Å²) < 4.78 is 42.8. The molecule has 0 bridgehead atoms. The summed E-state index contributed by atoms with van der Waals surface area (Å²) in [5.74, 6) is -2.75. The minimum absolute atomic E-state index is 0.0342. The van der Waals surface area contributed by atoms with Crippen molar-refractivity contribution in [1.82, 2.24) is 19.6 Å². The Hall–Kier alpha value is -2.35. The van der Waals surface area contributed by atoms with Gasteiger partial charge in [-0.1, -0.05) is 18.5 Å². The van der Waals surface area contributed by atoms with Gasteiger partial charge in [-0.25, -0.2) is 13.2 Å². The molecule has 0 amide bonds. The Bertz CT molecular complexity index is 857. The molecule has 3 aromatic rings. The molecule has 3 rings (SSSR count). The first-order valence-corrected chi connectivity index (χ1v) is 7.18. The van der Waals surface area contributed by atoms with Gasteiger partial charge in [0.2, 0.25) is 0 Å². The number of fused-ring (bicyclic) bond motifs is 1. The third-order valence-corrected chi connectivity index (χ3v) is 3.46. The maximum absolute atomic E-state index is 14.2. The molecule has 1 N–H and O–H groups in total. The third kappa shape index (κ3) is 2.70. The number of hydrogen-bond acceptors (Lipinski definition) is 4. The molecule has 5 nitrogen and oxygen atoms in total. The highest BCUT2D eigenvalue weighted by atomic mass is 35.5. The maximum Gasteiger partial charge on any atom is 0.255 e. The molecule has 0 aliphatic carbocycles. The van der Waals surface area contributed by atoms with E-state index in [0.29, 0.717) is 18.7 Å². The molecule has 120 valence electrons. The lowest BCUT2D eigenvalue weighted by atomic mass is 10.1. The van der Waals surface area contributed by atoms with Gasteiger partial charge in [0.05, 0.1) is 11.1 Å². The number of rotatable bonds is 4. The molecule has 0 radical (unpaired) electrons. The van der Waals surface area contributed by atoms with Crippen LogP contribution in [0.2, 0.25) is 5.15 Å². The van der Waals surface area contributed by atoms with Crippen LogP contribution >= 0.6 is 11.6 Å². The predicted molar refractivity (Wildman–Crippen MR) is 79.9 cm³/mol. The standard InChI is InChI=1S/C14H11ClF3N5/c1-2-3-19-13-11(10-8(17)4-7(16)5-9(10)18)12(15)22-14-20-6-21-23(13)14/h4-6,19H,2-3H2,1H3. The number of benzene rings is 1. The second kappa shape index (κ2) is 6.04. The molecule has 0 saturated carbocycles. The van der Waals surface area contributed by atoms with Crippen molar-refractivity contribution in [2.45, 2.75) is 13.3 Å². The van der Waals surface area contributed by atoms with Gasteiger partial charge < -0.3 is 5.32 Å². The highest BCUT2D eigenvalue weighted by Gasteiger charge is 2.23. The van der Waals surface area contributed by atoms with Crippen LogP contribution in [-0.4, -0.2) is 26.1 Å². The first-order chi connectivity index (χ1) is 11.0. The molecule has 0 unspecified atom stereocenters. The molecule has 23 heavy (non-hydrogen) atoms. The first-order valence-electron chi connectivity index (χ1n) is 6.81. The van der Waals surface area contributed by atoms with E-state index in [4.69, 9.17) is 11.6 Å². The molecule has 0 aliphatic rings. The Balaban J connectivity index is 2.34. The Morgan fingerprint density at radius 2 is 1.87 bits per heavy atom. The van der Waals surface area contributed by atoms with Crippen LogP contribution in [0.15, 0.2) is 18.5 Å². The molecule has 2 aromatic heterocycles. The monoisotopic (exact) mass is 341 g/mol. The smallest absolute Gasteiger partial charge is 0.255 e. The van der Waals surface area contributed by atoms with Crippen molar-refractivity contribution >= 4 is 23.2 Å². The van der Waals surface area contributed by atoms with Crippen LogP contribution in [0.5, 0.6) is 0 Å². The van der Waals surface area contributed by atoms with E-state index in [2.05, 4.69) is 20.4 Å². The zero-order chi connectivity index (χ0) is 16.6. The second-order valence-electron chi connectivity index (χ2n) is 4.77. The van der Waals surface area contributed by atoms with E-state index < -0.39 is 23.0 Å². The van der Waals surface area contributed by atoms with Crippen LogP contribution < -0.4 is 5.32 Å². The Kier molecular flexibility index (Phi) is 4.08. The molecule has 0 atom stereocenters. The van der Waals surface area contributed by atoms with Crippen LogP contribution in [-0.2, 0) is 0 Å². The van der Waals surface area contributed by atoms with Gasteiger partial charge in [0.15, 0.2) is 0 Å². The number of hydrogen-bond donors (Lipinski definition) is 1. The number of anilines is 1. The first kappa shape index (κ1) is 15.5. The summed E-state index contributed by atoms with van der Waals surface area (Å²) in [5, 5.41) is 6.83. The van der Waals surface area contributed by atoms with E-state index in [-0.39, 0.29) is 22.3 Å². The zero-order valence-corrected chi connectivity index (χ0v) is 12.7. The fourth-order valence-electron chi connectivity index (χ4n) is 2.23. The molecule has 2 heterocycles. The molecule has 9 heteroatoms.